The molecule has 1 aromatic rings. The molecule has 1 rings (SSSR count). The lowest BCUT2D eigenvalue weighted by Crippen LogP contribution is -2.32. The molecule has 0 bridgehead atoms. The maximum Gasteiger partial charge on any atom is 0.173 e. The van der Waals surface area contributed by atoms with Crippen LogP contribution in [0.3, 0.4) is 0 Å². The highest BCUT2D eigenvalue weighted by Gasteiger charge is 2.28. The Morgan fingerprint density at radius 1 is 1.47 bits per heavy atom. The molecule has 0 aromatic heterocycles. The summed E-state index contributed by atoms with van der Waals surface area (Å²) in [6.07, 6.45) is 0. The van der Waals surface area contributed by atoms with Crippen molar-refractivity contribution in [2.45, 2.75) is 26.8 Å². The van der Waals surface area contributed by atoms with Crippen LogP contribution in [0.1, 0.15) is 32.4 Å². The summed E-state index contributed by atoms with van der Waals surface area (Å²) in [7, 11) is 0. The van der Waals surface area contributed by atoms with Gasteiger partial charge in [-0.15, -0.1) is 12.4 Å². The average molecular weight is 312 g/mol. The van der Waals surface area contributed by atoms with Crippen molar-refractivity contribution in [3.63, 3.8) is 0 Å². The van der Waals surface area contributed by atoms with Crippen LogP contribution < -0.4 is 10.5 Å². The molecule has 6 heteroatoms. The molecule has 1 atom stereocenters. The fourth-order valence-corrected chi connectivity index (χ4v) is 1.86. The van der Waals surface area contributed by atoms with E-state index >= 15 is 0 Å². The first-order valence-electron chi connectivity index (χ1n) is 5.81. The zero-order chi connectivity index (χ0) is 13.9. The molecule has 0 spiro atoms. The molecule has 0 aliphatic rings. The van der Waals surface area contributed by atoms with E-state index in [1.807, 2.05) is 0 Å². The van der Waals surface area contributed by atoms with Crippen LogP contribution in [-0.2, 0) is 0 Å². The normalized spacial score (nSPS) is 12.8. The lowest BCUT2D eigenvalue weighted by atomic mass is 9.82. The number of halogens is 3. The van der Waals surface area contributed by atoms with E-state index in [2.05, 4.69) is 0 Å². The van der Waals surface area contributed by atoms with Crippen LogP contribution in [0.15, 0.2) is 12.1 Å². The maximum atomic E-state index is 13.8. The second kappa shape index (κ2) is 7.29. The van der Waals surface area contributed by atoms with Crippen LogP contribution in [0, 0.1) is 11.2 Å². The van der Waals surface area contributed by atoms with E-state index in [1.54, 1.807) is 26.8 Å². The Labute approximate surface area is 124 Å². The predicted molar refractivity (Wildman–Crippen MR) is 77.6 cm³/mol. The smallest absolute Gasteiger partial charge is 0.173 e. The monoisotopic (exact) mass is 311 g/mol. The number of ether oxygens (including phenoxy) is 1. The molecule has 0 fully saturated rings. The Morgan fingerprint density at radius 3 is 2.47 bits per heavy atom. The van der Waals surface area contributed by atoms with Crippen LogP contribution in [0.5, 0.6) is 5.75 Å². The summed E-state index contributed by atoms with van der Waals surface area (Å²) < 4.78 is 18.9. The van der Waals surface area contributed by atoms with Crippen LogP contribution in [0.2, 0.25) is 5.02 Å². The molecule has 110 valence electrons. The van der Waals surface area contributed by atoms with Gasteiger partial charge in [-0.25, -0.2) is 4.39 Å². The number of nitrogens with two attached hydrogens (primary N) is 1. The second-order valence-corrected chi connectivity index (χ2v) is 5.28. The van der Waals surface area contributed by atoms with Crippen LogP contribution >= 0.6 is 24.0 Å². The minimum Gasteiger partial charge on any atom is -0.489 e. The summed E-state index contributed by atoms with van der Waals surface area (Å²) in [6.45, 7) is 5.61. The average Bonchev–Trinajstić information content (AvgIpc) is 2.32. The Balaban J connectivity index is 0.00000324. The van der Waals surface area contributed by atoms with Gasteiger partial charge in [0, 0.05) is 18.1 Å². The first-order chi connectivity index (χ1) is 8.33. The van der Waals surface area contributed by atoms with Crippen molar-refractivity contribution in [3.05, 3.63) is 28.5 Å². The van der Waals surface area contributed by atoms with E-state index in [0.29, 0.717) is 12.2 Å². The summed E-state index contributed by atoms with van der Waals surface area (Å²) in [4.78, 5) is 0. The molecule has 0 amide bonds. The van der Waals surface area contributed by atoms with Crippen molar-refractivity contribution in [2.24, 2.45) is 11.1 Å². The fraction of sp³-hybridized carbons (Fsp3) is 0.538. The maximum absolute atomic E-state index is 13.8. The highest BCUT2D eigenvalue weighted by Crippen LogP contribution is 2.36. The lowest BCUT2D eigenvalue weighted by Gasteiger charge is -2.30. The van der Waals surface area contributed by atoms with E-state index in [0.717, 1.165) is 0 Å². The van der Waals surface area contributed by atoms with E-state index in [-0.39, 0.29) is 29.8 Å². The number of aliphatic hydroxyl groups excluding tert-OH is 1. The summed E-state index contributed by atoms with van der Waals surface area (Å²) >= 11 is 5.97. The molecule has 0 aliphatic heterocycles. The van der Waals surface area contributed by atoms with Gasteiger partial charge in [0.25, 0.3) is 0 Å². The number of hydrogen-bond acceptors (Lipinski definition) is 3. The molecule has 0 radical (unpaired) electrons. The standard InChI is InChI=1S/C13H19ClFNO2.ClH/c1-4-18-11-9(14)5-8(6-10(11)15)12(16)13(2,3)7-17;/h5-6,12,17H,4,7,16H2,1-3H3;1H/t12-;/m0./s1. The quantitative estimate of drug-likeness (QED) is 0.877. The van der Waals surface area contributed by atoms with Crippen LogP contribution in [0.4, 0.5) is 4.39 Å². The minimum atomic E-state index is -0.553. The summed E-state index contributed by atoms with van der Waals surface area (Å²) in [5.74, 6) is -0.500. The largest absolute Gasteiger partial charge is 0.489 e. The van der Waals surface area contributed by atoms with Crippen molar-refractivity contribution in [3.8, 4) is 5.75 Å². The third kappa shape index (κ3) is 4.21. The van der Waals surface area contributed by atoms with Gasteiger partial charge in [0.2, 0.25) is 0 Å². The fourth-order valence-electron chi connectivity index (χ4n) is 1.59. The van der Waals surface area contributed by atoms with E-state index in [1.165, 1.54) is 6.07 Å². The van der Waals surface area contributed by atoms with Crippen LogP contribution in [-0.4, -0.2) is 18.3 Å². The van der Waals surface area contributed by atoms with Gasteiger partial charge in [0.15, 0.2) is 11.6 Å². The van der Waals surface area contributed by atoms with Gasteiger partial charge in [-0.2, -0.15) is 0 Å². The lowest BCUT2D eigenvalue weighted by molar-refractivity contribution is 0.132. The number of aliphatic hydroxyl groups is 1. The summed E-state index contributed by atoms with van der Waals surface area (Å²) in [5.41, 5.74) is 6.01. The van der Waals surface area contributed by atoms with Gasteiger partial charge in [-0.1, -0.05) is 25.4 Å². The summed E-state index contributed by atoms with van der Waals surface area (Å²) in [5, 5.41) is 9.46. The number of benzene rings is 1. The Morgan fingerprint density at radius 2 is 2.05 bits per heavy atom. The Kier molecular flexibility index (Phi) is 7.08. The summed E-state index contributed by atoms with van der Waals surface area (Å²) in [6, 6.07) is 2.38. The van der Waals surface area contributed by atoms with Crippen molar-refractivity contribution in [2.75, 3.05) is 13.2 Å². The zero-order valence-corrected chi connectivity index (χ0v) is 12.8. The van der Waals surface area contributed by atoms with Gasteiger partial charge < -0.3 is 15.6 Å². The van der Waals surface area contributed by atoms with Gasteiger partial charge in [-0.3, -0.25) is 0 Å². The molecule has 3 nitrogen and oxygen atoms in total. The molecular weight excluding hydrogens is 292 g/mol. The van der Waals surface area contributed by atoms with Gasteiger partial charge in [0.1, 0.15) is 0 Å². The van der Waals surface area contributed by atoms with Crippen LogP contribution in [0.25, 0.3) is 0 Å². The third-order valence-corrected chi connectivity index (χ3v) is 3.20. The molecule has 0 heterocycles. The first kappa shape index (κ1) is 18.4. The predicted octanol–water partition coefficient (Wildman–Crippen LogP) is 3.32. The van der Waals surface area contributed by atoms with Crippen molar-refractivity contribution in [1.82, 2.24) is 0 Å². The van der Waals surface area contributed by atoms with Crippen molar-refractivity contribution in [1.29, 1.82) is 0 Å². The van der Waals surface area contributed by atoms with Gasteiger partial charge in [0.05, 0.1) is 11.6 Å². The number of rotatable bonds is 5. The number of hydrogen-bond donors (Lipinski definition) is 2. The molecular formula is C13H20Cl2FNO2. The molecule has 3 N–H and O–H groups in total. The molecule has 19 heavy (non-hydrogen) atoms. The van der Waals surface area contributed by atoms with E-state index in [4.69, 9.17) is 22.1 Å². The highest BCUT2D eigenvalue weighted by atomic mass is 35.5. The van der Waals surface area contributed by atoms with E-state index in [9.17, 15) is 9.50 Å². The second-order valence-electron chi connectivity index (χ2n) is 4.87. The SMILES string of the molecule is CCOc1c(F)cc([C@H](N)C(C)(C)CO)cc1Cl.Cl. The Bertz CT molecular complexity index is 404. The minimum absolute atomic E-state index is 0. The molecule has 1 aromatic carbocycles. The molecule has 0 saturated carbocycles. The van der Waals surface area contributed by atoms with Gasteiger partial charge >= 0.3 is 0 Å². The molecule has 0 unspecified atom stereocenters. The van der Waals surface area contributed by atoms with Crippen molar-refractivity contribution >= 4 is 24.0 Å². The molecule has 0 saturated heterocycles. The Hall–Kier alpha value is -0.550. The third-order valence-electron chi connectivity index (χ3n) is 2.92. The molecule has 0 aliphatic carbocycles. The highest BCUT2D eigenvalue weighted by molar-refractivity contribution is 6.32. The van der Waals surface area contributed by atoms with Crippen molar-refractivity contribution < 1.29 is 14.2 Å². The zero-order valence-electron chi connectivity index (χ0n) is 11.2. The topological polar surface area (TPSA) is 55.5 Å². The van der Waals surface area contributed by atoms with Gasteiger partial charge in [-0.05, 0) is 24.6 Å². The van der Waals surface area contributed by atoms with E-state index < -0.39 is 17.3 Å². The first-order valence-corrected chi connectivity index (χ1v) is 6.19.